The fourth-order valence-electron chi connectivity index (χ4n) is 11.5. The van der Waals surface area contributed by atoms with Gasteiger partial charge in [-0.05, 0) is 0 Å². The van der Waals surface area contributed by atoms with E-state index in [0.717, 1.165) is 20.8 Å². The average Bonchev–Trinajstić information content (AvgIpc) is 0.777. The molecule has 0 spiro atoms. The lowest BCUT2D eigenvalue weighted by atomic mass is 9.88. The van der Waals surface area contributed by atoms with Gasteiger partial charge in [0.25, 0.3) is 5.79 Å². The van der Waals surface area contributed by atoms with Gasteiger partial charge in [-0.15, -0.1) is 0 Å². The number of nitrogens with one attached hydrogen (secondary N) is 3. The number of hydrogen-bond donors (Lipinski definition) is 26. The molecule has 0 radical (unpaired) electrons. The first-order valence-electron chi connectivity index (χ1n) is 29.2. The molecule has 0 bridgehead atoms. The molecule has 6 fully saturated rings. The van der Waals surface area contributed by atoms with E-state index in [1.54, 1.807) is 0 Å². The Hall–Kier alpha value is -3.48. The highest BCUT2D eigenvalue weighted by Gasteiger charge is 2.62. The zero-order valence-corrected chi connectivity index (χ0v) is 49.8. The van der Waals surface area contributed by atoms with Crippen molar-refractivity contribution in [3.05, 3.63) is 0 Å². The van der Waals surface area contributed by atoms with Crippen molar-refractivity contribution in [3.8, 4) is 0 Å². The number of ether oxygens (including phenoxy) is 12. The van der Waals surface area contributed by atoms with E-state index in [9.17, 15) is 137 Å². The number of carbonyl (C=O) groups is 4. The third-order valence-electron chi connectivity index (χ3n) is 16.4. The van der Waals surface area contributed by atoms with Gasteiger partial charge in [0, 0.05) is 27.2 Å². The van der Waals surface area contributed by atoms with Gasteiger partial charge >= 0.3 is 5.97 Å². The molecule has 93 heavy (non-hydrogen) atoms. The van der Waals surface area contributed by atoms with E-state index >= 15 is 0 Å². The summed E-state index contributed by atoms with van der Waals surface area (Å²) in [4.78, 5) is 51.0. The molecule has 6 heterocycles. The van der Waals surface area contributed by atoms with Crippen molar-refractivity contribution in [2.24, 2.45) is 0 Å². The van der Waals surface area contributed by atoms with Crippen LogP contribution >= 0.6 is 0 Å². The fraction of sp³-hybridized carbons (Fsp3) is 0.922. The molecule has 0 unspecified atom stereocenters. The first-order valence-corrected chi connectivity index (χ1v) is 29.2. The first-order chi connectivity index (χ1) is 43.8. The minimum atomic E-state index is -3.26. The SMILES string of the molecule is CC(=O)N[C@H]1[C@H](O[C@H]2[C@@H](O)[C@@H](CO)O[C@@H](O[C@@H]([C@H](O)[C@@H](O)CO)[C@H](O)CO)[C@@H]2O)O[C@H](CO)[C@@H](O[C@@H]2O[C@H](CO)[C@H](O)[C@H](O[C@@H]3O[C@H](CO)[C@@H](O)[C@H](O[C@@H]4O[C@H](CO)[C@H](O)[C@H](O[C@]5(C(=O)O)C[C@H](O)[C@@H](NC(C)=O)[C@H]([C@H](O)[C@H](O)CO)O5)[C@H]4O)[C@H]3NC(C)=O)[C@H]2O)[C@@H]1O. The van der Waals surface area contributed by atoms with Crippen molar-refractivity contribution < 1.29 is 193 Å². The summed E-state index contributed by atoms with van der Waals surface area (Å²) in [6, 6.07) is -5.60. The minimum Gasteiger partial charge on any atom is -0.477 e. The summed E-state index contributed by atoms with van der Waals surface area (Å²) in [7, 11) is 0. The molecule has 42 heteroatoms. The predicted molar refractivity (Wildman–Crippen MR) is 286 cm³/mol. The number of aliphatic carboxylic acids is 1. The molecule has 0 aromatic rings. The zero-order chi connectivity index (χ0) is 69.4. The summed E-state index contributed by atoms with van der Waals surface area (Å²) in [5, 5.41) is 255. The van der Waals surface area contributed by atoms with Crippen molar-refractivity contribution in [1.82, 2.24) is 16.0 Å². The summed E-state index contributed by atoms with van der Waals surface area (Å²) in [6.45, 7) is -6.29. The summed E-state index contributed by atoms with van der Waals surface area (Å²) < 4.78 is 69.2. The van der Waals surface area contributed by atoms with Crippen LogP contribution in [0.25, 0.3) is 0 Å². The Kier molecular flexibility index (Phi) is 29.0. The molecular formula is C51H87N3O39. The number of carboxylic acids is 1. The Balaban J connectivity index is 1.27. The quantitative estimate of drug-likeness (QED) is 0.0331. The number of amides is 3. The van der Waals surface area contributed by atoms with Crippen LogP contribution in [0.4, 0.5) is 0 Å². The molecule has 6 saturated heterocycles. The van der Waals surface area contributed by atoms with E-state index in [1.165, 1.54) is 0 Å². The van der Waals surface area contributed by atoms with Gasteiger partial charge in [-0.1, -0.05) is 0 Å². The van der Waals surface area contributed by atoms with Crippen LogP contribution in [-0.4, -0.2) is 408 Å². The van der Waals surface area contributed by atoms with Crippen LogP contribution in [0.2, 0.25) is 0 Å². The van der Waals surface area contributed by atoms with Crippen LogP contribution < -0.4 is 16.0 Å². The molecule has 0 aliphatic carbocycles. The number of aliphatic hydroxyl groups is 22. The number of rotatable bonds is 29. The molecule has 26 N–H and O–H groups in total. The van der Waals surface area contributed by atoms with E-state index < -0.39 is 297 Å². The Bertz CT molecular complexity index is 2370. The van der Waals surface area contributed by atoms with Crippen molar-refractivity contribution >= 4 is 23.7 Å². The van der Waals surface area contributed by atoms with Gasteiger partial charge in [-0.25, -0.2) is 4.79 Å². The monoisotopic (exact) mass is 1370 g/mol. The lowest BCUT2D eigenvalue weighted by Crippen LogP contribution is -2.72. The number of carboxylic acid groups (broad SMARTS) is 1. The first kappa shape index (κ1) is 78.5. The highest BCUT2D eigenvalue weighted by molar-refractivity contribution is 5.77. The number of hydrogen-bond acceptors (Lipinski definition) is 38. The summed E-state index contributed by atoms with van der Waals surface area (Å²) >= 11 is 0. The second kappa shape index (κ2) is 34.3. The van der Waals surface area contributed by atoms with Gasteiger partial charge in [0.05, 0.1) is 65.0 Å². The lowest BCUT2D eigenvalue weighted by Gasteiger charge is -2.51. The van der Waals surface area contributed by atoms with Crippen LogP contribution in [0.5, 0.6) is 0 Å². The average molecular weight is 1370 g/mol. The summed E-state index contributed by atoms with van der Waals surface area (Å²) in [6.07, 6.45) is -67.2. The van der Waals surface area contributed by atoms with Gasteiger partial charge in [-0.2, -0.15) is 0 Å². The summed E-state index contributed by atoms with van der Waals surface area (Å²) in [5.41, 5.74) is 0. The van der Waals surface area contributed by atoms with Gasteiger partial charge in [0.15, 0.2) is 31.5 Å². The third-order valence-corrected chi connectivity index (χ3v) is 16.4. The van der Waals surface area contributed by atoms with Crippen molar-refractivity contribution in [3.63, 3.8) is 0 Å². The highest BCUT2D eigenvalue weighted by atomic mass is 16.8. The predicted octanol–water partition coefficient (Wildman–Crippen LogP) is -17.0. The van der Waals surface area contributed by atoms with E-state index in [0.29, 0.717) is 0 Å². The van der Waals surface area contributed by atoms with Crippen LogP contribution in [0.1, 0.15) is 27.2 Å². The molecular weight excluding hydrogens is 1280 g/mol. The maximum Gasteiger partial charge on any atom is 0.364 e. The topological polar surface area (TPSA) is 680 Å². The standard InChI is InChI=1S/C51H87N3O39/c1-13(63)52-25-16(66)4-51(50(80)81,92-41(25)29(71)18(68)6-56)93-44-33(75)23(11-61)85-49(37(44)79)89-40-27(54-15(3)65)46(82-20(8-58)30(40)72)91-43-32(74)22(10-60)84-48(36(43)78)88-39-24(12-62)86-45(26(34(39)76)53-14(2)64)90-42-31(73)21(9-59)83-47(35(42)77)87-38(19(69)7-57)28(70)17(67)5-55/h16-49,55-62,66-79H,4-12H2,1-3H3,(H,52,63)(H,53,64)(H,54,65)(H,80,81)/t16-,17-,18+,19+,20+,21+,22+,23+,24+,25+,26+,27+,28+,29+,30+,31-,32-,33-,34+,35+,36+,37+,38+,39+,40+,41+,42-,43-,44-,45-,46-,47-,48-,49-,51-/m0/s1. The van der Waals surface area contributed by atoms with Crippen molar-refractivity contribution in [2.45, 2.75) is 241 Å². The second-order valence-electron chi connectivity index (χ2n) is 23.0. The Labute approximate surface area is 526 Å². The molecule has 0 aromatic heterocycles. The normalized spacial score (nSPS) is 43.6. The van der Waals surface area contributed by atoms with Crippen molar-refractivity contribution in [2.75, 3.05) is 52.9 Å². The van der Waals surface area contributed by atoms with E-state index in [-0.39, 0.29) is 0 Å². The maximum absolute atomic E-state index is 13.1. The fourth-order valence-corrected chi connectivity index (χ4v) is 11.5. The van der Waals surface area contributed by atoms with Gasteiger partial charge in [0.2, 0.25) is 17.7 Å². The van der Waals surface area contributed by atoms with E-state index in [1.807, 2.05) is 0 Å². The number of carbonyl (C=O) groups excluding carboxylic acids is 3. The van der Waals surface area contributed by atoms with E-state index in [4.69, 9.17) is 56.8 Å². The smallest absolute Gasteiger partial charge is 0.364 e. The molecule has 0 saturated carbocycles. The number of aliphatic hydroxyl groups excluding tert-OH is 22. The van der Waals surface area contributed by atoms with Gasteiger partial charge < -0.3 is 190 Å². The zero-order valence-electron chi connectivity index (χ0n) is 49.8. The molecule has 540 valence electrons. The van der Waals surface area contributed by atoms with Crippen molar-refractivity contribution in [1.29, 1.82) is 0 Å². The summed E-state index contributed by atoms with van der Waals surface area (Å²) in [5.74, 6) is -8.17. The highest BCUT2D eigenvalue weighted by Crippen LogP contribution is 2.40. The van der Waals surface area contributed by atoms with Crippen LogP contribution in [0.3, 0.4) is 0 Å². The Morgan fingerprint density at radius 1 is 0.441 bits per heavy atom. The third kappa shape index (κ3) is 17.7. The molecule has 6 aliphatic heterocycles. The molecule has 6 rings (SSSR count). The lowest BCUT2D eigenvalue weighted by molar-refractivity contribution is -0.390. The largest absolute Gasteiger partial charge is 0.477 e. The Morgan fingerprint density at radius 2 is 0.817 bits per heavy atom. The maximum atomic E-state index is 13.1. The molecule has 42 nitrogen and oxygen atoms in total. The van der Waals surface area contributed by atoms with Crippen LogP contribution in [0, 0.1) is 0 Å². The molecule has 3 amide bonds. The molecule has 35 atom stereocenters. The van der Waals surface area contributed by atoms with E-state index in [2.05, 4.69) is 16.0 Å². The molecule has 6 aliphatic rings. The Morgan fingerprint density at radius 3 is 1.28 bits per heavy atom. The second-order valence-corrected chi connectivity index (χ2v) is 23.0. The van der Waals surface area contributed by atoms with Gasteiger partial charge in [0.1, 0.15) is 165 Å². The van der Waals surface area contributed by atoms with Crippen LogP contribution in [-0.2, 0) is 76.0 Å². The molecule has 0 aromatic carbocycles. The van der Waals surface area contributed by atoms with Crippen LogP contribution in [0.15, 0.2) is 0 Å². The minimum absolute atomic E-state index is 0.855. The van der Waals surface area contributed by atoms with Gasteiger partial charge in [-0.3, -0.25) is 14.4 Å².